The van der Waals surface area contributed by atoms with Crippen LogP contribution in [-0.2, 0) is 16.1 Å². The molecule has 2 aromatic carbocycles. The first-order valence-corrected chi connectivity index (χ1v) is 15.8. The van der Waals surface area contributed by atoms with E-state index in [1.165, 1.54) is 54.1 Å². The molecule has 2 aliphatic carbocycles. The summed E-state index contributed by atoms with van der Waals surface area (Å²) in [6.07, 6.45) is 7.84. The van der Waals surface area contributed by atoms with Crippen LogP contribution in [0.15, 0.2) is 36.4 Å². The topological polar surface area (TPSA) is 64.0 Å². The third-order valence-electron chi connectivity index (χ3n) is 10.8. The SMILES string of the molecule is CCC1CN(C)CCN1C(=O)C12CC1c1c(OC)cccc1-c1c(C3CCCCC3)c3ccc(C(=O)OC)cc3n1C2. The Kier molecular flexibility index (Phi) is 6.84. The molecule has 3 unspecified atom stereocenters. The smallest absolute Gasteiger partial charge is 0.337 e. The predicted molar refractivity (Wildman–Crippen MR) is 164 cm³/mol. The minimum absolute atomic E-state index is 0.103. The largest absolute Gasteiger partial charge is 0.496 e. The average molecular weight is 570 g/mol. The normalized spacial score (nSPS) is 25.8. The number of rotatable bonds is 5. The van der Waals surface area contributed by atoms with E-state index in [-0.39, 0.29) is 23.8 Å². The Morgan fingerprint density at radius 2 is 1.83 bits per heavy atom. The van der Waals surface area contributed by atoms with Gasteiger partial charge in [0.05, 0.1) is 30.9 Å². The molecule has 7 nitrogen and oxygen atoms in total. The van der Waals surface area contributed by atoms with Crippen molar-refractivity contribution in [2.45, 2.75) is 76.3 Å². The molecule has 3 atom stereocenters. The third kappa shape index (κ3) is 4.10. The van der Waals surface area contributed by atoms with Gasteiger partial charge in [0.1, 0.15) is 5.75 Å². The van der Waals surface area contributed by atoms with Crippen molar-refractivity contribution in [3.05, 3.63) is 53.1 Å². The van der Waals surface area contributed by atoms with E-state index < -0.39 is 5.41 Å². The number of esters is 1. The summed E-state index contributed by atoms with van der Waals surface area (Å²) in [5.74, 6) is 1.37. The Bertz CT molecular complexity index is 1550. The van der Waals surface area contributed by atoms with Crippen LogP contribution >= 0.6 is 0 Å². The second-order valence-corrected chi connectivity index (χ2v) is 13.1. The molecule has 4 aliphatic rings. The molecule has 1 saturated heterocycles. The summed E-state index contributed by atoms with van der Waals surface area (Å²) in [4.78, 5) is 32.1. The molecular formula is C35H43N3O4. The highest BCUT2D eigenvalue weighted by Crippen LogP contribution is 2.67. The van der Waals surface area contributed by atoms with Crippen molar-refractivity contribution in [1.82, 2.24) is 14.4 Å². The lowest BCUT2D eigenvalue weighted by molar-refractivity contribution is -0.142. The van der Waals surface area contributed by atoms with Crippen LogP contribution in [0.3, 0.4) is 0 Å². The van der Waals surface area contributed by atoms with Crippen LogP contribution in [0.4, 0.5) is 0 Å². The van der Waals surface area contributed by atoms with Gasteiger partial charge in [0, 0.05) is 60.2 Å². The summed E-state index contributed by atoms with van der Waals surface area (Å²) >= 11 is 0. The molecule has 7 heteroatoms. The van der Waals surface area contributed by atoms with Crippen molar-refractivity contribution < 1.29 is 19.1 Å². The fourth-order valence-corrected chi connectivity index (χ4v) is 8.53. The highest BCUT2D eigenvalue weighted by molar-refractivity contribution is 6.00. The Labute approximate surface area is 248 Å². The Balaban J connectivity index is 1.47. The van der Waals surface area contributed by atoms with Crippen LogP contribution in [0.2, 0.25) is 0 Å². The van der Waals surface area contributed by atoms with Gasteiger partial charge in [-0.25, -0.2) is 4.79 Å². The van der Waals surface area contributed by atoms with Crippen molar-refractivity contribution >= 4 is 22.8 Å². The van der Waals surface area contributed by atoms with Crippen LogP contribution in [0.25, 0.3) is 22.2 Å². The van der Waals surface area contributed by atoms with Crippen LogP contribution < -0.4 is 4.74 Å². The number of likely N-dealkylation sites (N-methyl/N-ethyl adjacent to an activating group) is 1. The van der Waals surface area contributed by atoms with E-state index in [1.807, 2.05) is 12.1 Å². The minimum atomic E-state index is -0.533. The average Bonchev–Trinajstić information content (AvgIpc) is 3.69. The zero-order chi connectivity index (χ0) is 29.2. The maximum atomic E-state index is 14.8. The Hall–Kier alpha value is -3.32. The number of methoxy groups -OCH3 is 2. The molecule has 0 radical (unpaired) electrons. The van der Waals surface area contributed by atoms with E-state index in [9.17, 15) is 9.59 Å². The maximum Gasteiger partial charge on any atom is 0.337 e. The molecule has 2 saturated carbocycles. The summed E-state index contributed by atoms with van der Waals surface area (Å²) in [5.41, 5.74) is 6.02. The van der Waals surface area contributed by atoms with Gasteiger partial charge in [0.25, 0.3) is 0 Å². The monoisotopic (exact) mass is 569 g/mol. The highest BCUT2D eigenvalue weighted by Gasteiger charge is 2.65. The number of benzene rings is 2. The van der Waals surface area contributed by atoms with E-state index in [1.54, 1.807) is 7.11 Å². The summed E-state index contributed by atoms with van der Waals surface area (Å²) in [5, 5.41) is 1.20. The zero-order valence-electron chi connectivity index (χ0n) is 25.4. The lowest BCUT2D eigenvalue weighted by Crippen LogP contribution is -2.56. The molecule has 1 aromatic heterocycles. The quantitative estimate of drug-likeness (QED) is 0.343. The van der Waals surface area contributed by atoms with Crippen molar-refractivity contribution in [2.24, 2.45) is 5.41 Å². The first-order chi connectivity index (χ1) is 20.4. The molecule has 3 aromatic rings. The van der Waals surface area contributed by atoms with E-state index in [2.05, 4.69) is 52.6 Å². The molecule has 0 spiro atoms. The Morgan fingerprint density at radius 3 is 2.57 bits per heavy atom. The second-order valence-electron chi connectivity index (χ2n) is 13.1. The number of carbonyl (C=O) groups is 2. The molecule has 0 bridgehead atoms. The number of hydrogen-bond acceptors (Lipinski definition) is 5. The molecule has 2 aliphatic heterocycles. The lowest BCUT2D eigenvalue weighted by atomic mass is 9.81. The number of hydrogen-bond donors (Lipinski definition) is 0. The molecule has 222 valence electrons. The van der Waals surface area contributed by atoms with Gasteiger partial charge >= 0.3 is 5.97 Å². The van der Waals surface area contributed by atoms with Crippen molar-refractivity contribution in [2.75, 3.05) is 40.9 Å². The predicted octanol–water partition coefficient (Wildman–Crippen LogP) is 6.19. The van der Waals surface area contributed by atoms with Gasteiger partial charge in [0.15, 0.2) is 0 Å². The van der Waals surface area contributed by atoms with Crippen molar-refractivity contribution in [1.29, 1.82) is 0 Å². The standard InChI is InChI=1S/C35H43N3O4/c1-5-24-20-36(2)16-17-37(24)34(40)35-19-27(35)31-26(12-9-13-29(31)41-3)32-30(22-10-7-6-8-11-22)25-15-14-23(33(39)42-4)18-28(25)38(32)21-35/h9,12-15,18,22,24,27H,5-8,10-11,16-17,19-21H2,1-4H3. The van der Waals surface area contributed by atoms with E-state index in [4.69, 9.17) is 9.47 Å². The lowest BCUT2D eigenvalue weighted by Gasteiger charge is -2.41. The molecule has 3 heterocycles. The van der Waals surface area contributed by atoms with Gasteiger partial charge in [0.2, 0.25) is 5.91 Å². The summed E-state index contributed by atoms with van der Waals surface area (Å²) in [6.45, 7) is 5.38. The molecule has 42 heavy (non-hydrogen) atoms. The van der Waals surface area contributed by atoms with Crippen LogP contribution in [0.5, 0.6) is 5.75 Å². The fourth-order valence-electron chi connectivity index (χ4n) is 8.53. The van der Waals surface area contributed by atoms with Gasteiger partial charge in [-0.3, -0.25) is 4.79 Å². The van der Waals surface area contributed by atoms with Gasteiger partial charge < -0.3 is 23.8 Å². The van der Waals surface area contributed by atoms with Gasteiger partial charge in [-0.2, -0.15) is 0 Å². The number of piperazine rings is 1. The Morgan fingerprint density at radius 1 is 1.02 bits per heavy atom. The minimum Gasteiger partial charge on any atom is -0.496 e. The van der Waals surface area contributed by atoms with Gasteiger partial charge in [-0.1, -0.05) is 44.4 Å². The van der Waals surface area contributed by atoms with Gasteiger partial charge in [-0.05, 0) is 62.4 Å². The number of fused-ring (bicyclic) bond motifs is 7. The van der Waals surface area contributed by atoms with Crippen molar-refractivity contribution in [3.8, 4) is 17.0 Å². The fraction of sp³-hybridized carbons (Fsp3) is 0.543. The van der Waals surface area contributed by atoms with Crippen LogP contribution in [0, 0.1) is 5.41 Å². The number of carbonyl (C=O) groups excluding carboxylic acids is 2. The maximum absolute atomic E-state index is 14.8. The highest BCUT2D eigenvalue weighted by atomic mass is 16.5. The van der Waals surface area contributed by atoms with E-state index in [0.717, 1.165) is 56.6 Å². The van der Waals surface area contributed by atoms with E-state index >= 15 is 0 Å². The number of aromatic nitrogens is 1. The molecule has 7 rings (SSSR count). The summed E-state index contributed by atoms with van der Waals surface area (Å²) in [6, 6.07) is 12.6. The molecule has 0 N–H and O–H groups in total. The first-order valence-electron chi connectivity index (χ1n) is 15.8. The number of nitrogens with zero attached hydrogens (tertiary/aromatic N) is 3. The molecule has 1 amide bonds. The third-order valence-corrected chi connectivity index (χ3v) is 10.8. The number of ether oxygens (including phenoxy) is 2. The van der Waals surface area contributed by atoms with Crippen LogP contribution in [0.1, 0.15) is 85.2 Å². The molecular weight excluding hydrogens is 526 g/mol. The summed E-state index contributed by atoms with van der Waals surface area (Å²) in [7, 11) is 5.34. The summed E-state index contributed by atoms with van der Waals surface area (Å²) < 4.78 is 13.6. The van der Waals surface area contributed by atoms with E-state index in [0.29, 0.717) is 18.0 Å². The molecule has 3 fully saturated rings. The first kappa shape index (κ1) is 27.5. The second kappa shape index (κ2) is 10.4. The zero-order valence-corrected chi connectivity index (χ0v) is 25.4. The number of amides is 1. The van der Waals surface area contributed by atoms with Crippen LogP contribution in [-0.4, -0.2) is 73.2 Å². The van der Waals surface area contributed by atoms with Crippen molar-refractivity contribution in [3.63, 3.8) is 0 Å². The van der Waals surface area contributed by atoms with Gasteiger partial charge in [-0.15, -0.1) is 0 Å².